The summed E-state index contributed by atoms with van der Waals surface area (Å²) in [6.45, 7) is 4.93. The van der Waals surface area contributed by atoms with Gasteiger partial charge < -0.3 is 5.32 Å². The number of nitrogens with one attached hydrogen (secondary N) is 1. The third-order valence-electron chi connectivity index (χ3n) is 4.27. The topological polar surface area (TPSA) is 67.8 Å². The molecular formula is C18H16F3N4OP. The molecule has 0 saturated heterocycles. The summed E-state index contributed by atoms with van der Waals surface area (Å²) in [7, 11) is -0.237. The van der Waals surface area contributed by atoms with Crippen LogP contribution in [0.25, 0.3) is 10.9 Å². The highest BCUT2D eigenvalue weighted by molar-refractivity contribution is 7.33. The predicted octanol–water partition coefficient (Wildman–Crippen LogP) is 4.75. The highest BCUT2D eigenvalue weighted by atomic mass is 31.1. The van der Waals surface area contributed by atoms with Gasteiger partial charge in [-0.2, -0.15) is 13.2 Å². The van der Waals surface area contributed by atoms with E-state index in [4.69, 9.17) is 0 Å². The van der Waals surface area contributed by atoms with Crippen molar-refractivity contribution < 1.29 is 17.7 Å². The van der Waals surface area contributed by atoms with Gasteiger partial charge in [0, 0.05) is 5.39 Å². The second-order valence-electron chi connectivity index (χ2n) is 6.15. The van der Waals surface area contributed by atoms with Crippen molar-refractivity contribution in [2.24, 2.45) is 0 Å². The molecule has 0 unspecified atom stereocenters. The van der Waals surface area contributed by atoms with Crippen molar-refractivity contribution in [1.29, 1.82) is 0 Å². The third kappa shape index (κ3) is 3.90. The summed E-state index contributed by atoms with van der Waals surface area (Å²) in [6.07, 6.45) is -2.92. The van der Waals surface area contributed by atoms with E-state index in [2.05, 4.69) is 20.3 Å². The second kappa shape index (κ2) is 7.19. The summed E-state index contributed by atoms with van der Waals surface area (Å²) in [5, 5.41) is 3.76. The molecule has 0 radical (unpaired) electrons. The van der Waals surface area contributed by atoms with Crippen LogP contribution >= 0.6 is 8.46 Å². The number of halogens is 3. The summed E-state index contributed by atoms with van der Waals surface area (Å²) < 4.78 is 50.7. The van der Waals surface area contributed by atoms with E-state index in [1.165, 1.54) is 19.2 Å². The van der Waals surface area contributed by atoms with Gasteiger partial charge in [0.1, 0.15) is 17.1 Å². The van der Waals surface area contributed by atoms with Crippen LogP contribution in [0.3, 0.4) is 0 Å². The van der Waals surface area contributed by atoms with Gasteiger partial charge in [0.05, 0.1) is 23.3 Å². The largest absolute Gasteiger partial charge is 0.416 e. The Hall–Kier alpha value is -2.60. The second-order valence-corrected chi connectivity index (χ2v) is 6.79. The molecule has 2 aromatic heterocycles. The van der Waals surface area contributed by atoms with Gasteiger partial charge in [-0.3, -0.25) is 4.57 Å². The first-order chi connectivity index (χ1) is 12.7. The van der Waals surface area contributed by atoms with E-state index in [1.807, 2.05) is 0 Å². The van der Waals surface area contributed by atoms with Crippen LogP contribution in [-0.4, -0.2) is 15.0 Å². The number of benzene rings is 1. The van der Waals surface area contributed by atoms with Crippen LogP contribution in [0.4, 0.5) is 19.0 Å². The van der Waals surface area contributed by atoms with Gasteiger partial charge in [0.25, 0.3) is 0 Å². The maximum absolute atomic E-state index is 13.2. The van der Waals surface area contributed by atoms with Crippen LogP contribution in [0.15, 0.2) is 30.5 Å². The maximum atomic E-state index is 13.2. The number of fused-ring (bicyclic) bond motifs is 1. The van der Waals surface area contributed by atoms with Crippen molar-refractivity contribution in [3.63, 3.8) is 0 Å². The maximum Gasteiger partial charge on any atom is 0.416 e. The molecule has 1 atom stereocenters. The van der Waals surface area contributed by atoms with Gasteiger partial charge in [-0.05, 0) is 44.0 Å². The zero-order valence-corrected chi connectivity index (χ0v) is 15.7. The van der Waals surface area contributed by atoms with Crippen molar-refractivity contribution in [3.8, 4) is 0 Å². The molecule has 0 saturated carbocycles. The molecule has 0 fully saturated rings. The fourth-order valence-electron chi connectivity index (χ4n) is 3.01. The van der Waals surface area contributed by atoms with Gasteiger partial charge in [0.15, 0.2) is 0 Å². The molecule has 140 valence electrons. The van der Waals surface area contributed by atoms with E-state index in [-0.39, 0.29) is 14.0 Å². The highest BCUT2D eigenvalue weighted by Gasteiger charge is 2.33. The number of hydrogen-bond donors (Lipinski definition) is 1. The highest BCUT2D eigenvalue weighted by Crippen LogP contribution is 2.35. The number of pyridine rings is 1. The van der Waals surface area contributed by atoms with Gasteiger partial charge in [-0.15, -0.1) is 0 Å². The van der Waals surface area contributed by atoms with Crippen LogP contribution in [-0.2, 0) is 10.7 Å². The Morgan fingerprint density at radius 2 is 1.93 bits per heavy atom. The molecule has 3 aromatic rings. The average molecular weight is 392 g/mol. The molecule has 27 heavy (non-hydrogen) atoms. The van der Waals surface area contributed by atoms with Crippen molar-refractivity contribution in [2.75, 3.05) is 5.32 Å². The van der Waals surface area contributed by atoms with E-state index in [1.54, 1.807) is 26.0 Å². The van der Waals surface area contributed by atoms with Crippen molar-refractivity contribution >= 4 is 30.6 Å². The summed E-state index contributed by atoms with van der Waals surface area (Å²) in [6, 6.07) is 5.27. The third-order valence-corrected chi connectivity index (χ3v) is 4.71. The van der Waals surface area contributed by atoms with Crippen LogP contribution in [0, 0.1) is 13.8 Å². The van der Waals surface area contributed by atoms with Gasteiger partial charge >= 0.3 is 6.18 Å². The number of aromatic nitrogens is 3. The zero-order valence-electron chi connectivity index (χ0n) is 14.8. The Labute approximate surface area is 155 Å². The Morgan fingerprint density at radius 3 is 2.59 bits per heavy atom. The molecule has 9 heteroatoms. The first-order valence-corrected chi connectivity index (χ1v) is 8.93. The zero-order chi connectivity index (χ0) is 19.8. The minimum absolute atomic E-state index is 0.167. The smallest absolute Gasteiger partial charge is 0.363 e. The Balaban J connectivity index is 2.04. The molecule has 1 N–H and O–H groups in total. The first-order valence-electron chi connectivity index (χ1n) is 8.11. The quantitative estimate of drug-likeness (QED) is 0.649. The molecule has 0 aliphatic carbocycles. The number of anilines is 1. The lowest BCUT2D eigenvalue weighted by Gasteiger charge is -2.21. The van der Waals surface area contributed by atoms with Gasteiger partial charge in [0.2, 0.25) is 8.46 Å². The number of alkyl halides is 3. The minimum atomic E-state index is -4.41. The van der Waals surface area contributed by atoms with Crippen LogP contribution in [0.5, 0.6) is 0 Å². The Bertz CT molecular complexity index is 1020. The fraction of sp³-hybridized carbons (Fsp3) is 0.278. The molecular weight excluding hydrogens is 376 g/mol. The molecule has 0 amide bonds. The van der Waals surface area contributed by atoms with Crippen LogP contribution in [0.1, 0.15) is 35.5 Å². The molecule has 5 nitrogen and oxygen atoms in total. The Morgan fingerprint density at radius 1 is 1.19 bits per heavy atom. The number of rotatable bonds is 4. The van der Waals surface area contributed by atoms with Gasteiger partial charge in [-0.25, -0.2) is 15.0 Å². The normalized spacial score (nSPS) is 13.1. The number of hydrogen-bond acceptors (Lipinski definition) is 5. The van der Waals surface area contributed by atoms with Crippen LogP contribution in [0.2, 0.25) is 0 Å². The molecule has 0 aliphatic heterocycles. The molecule has 3 rings (SSSR count). The molecule has 2 heterocycles. The monoisotopic (exact) mass is 392 g/mol. The summed E-state index contributed by atoms with van der Waals surface area (Å²) in [5.41, 5.74) is 0.909. The standard InChI is InChI=1S/C18H16F3N4OP/c1-9-12(5-4-6-14(9)18(19,20)21)10(2)23-17-13-7-16(27-26)22-8-15(13)24-11(3)25-17/h4-8,10H,1-3H3,(H,23,24,25)/t10-/m1/s1. The van der Waals surface area contributed by atoms with Crippen LogP contribution < -0.4 is 10.8 Å². The van der Waals surface area contributed by atoms with E-state index >= 15 is 0 Å². The van der Waals surface area contributed by atoms with Crippen molar-refractivity contribution in [3.05, 3.63) is 53.0 Å². The van der Waals surface area contributed by atoms with Crippen molar-refractivity contribution in [1.82, 2.24) is 15.0 Å². The van der Waals surface area contributed by atoms with E-state index < -0.39 is 17.8 Å². The molecule has 0 aliphatic rings. The van der Waals surface area contributed by atoms with Gasteiger partial charge in [-0.1, -0.05) is 12.1 Å². The lowest BCUT2D eigenvalue weighted by molar-refractivity contribution is -0.138. The Kier molecular flexibility index (Phi) is 5.11. The number of nitrogens with zero attached hydrogens (tertiary/aromatic N) is 3. The SMILES string of the molecule is Cc1nc(N[C@H](C)c2cccc(C(F)(F)F)c2C)c2cc(P=O)ncc2n1. The lowest BCUT2D eigenvalue weighted by Crippen LogP contribution is -2.15. The molecule has 0 bridgehead atoms. The number of aryl methyl sites for hydroxylation is 1. The first kappa shape index (κ1) is 19.2. The summed E-state index contributed by atoms with van der Waals surface area (Å²) in [5.74, 6) is 0.946. The van der Waals surface area contributed by atoms with E-state index in [0.717, 1.165) is 6.07 Å². The summed E-state index contributed by atoms with van der Waals surface area (Å²) >= 11 is 0. The minimum Gasteiger partial charge on any atom is -0.363 e. The summed E-state index contributed by atoms with van der Waals surface area (Å²) in [4.78, 5) is 12.7. The lowest BCUT2D eigenvalue weighted by atomic mass is 9.97. The van der Waals surface area contributed by atoms with Crippen molar-refractivity contribution in [2.45, 2.75) is 33.0 Å². The fourth-order valence-corrected chi connectivity index (χ4v) is 3.30. The van der Waals surface area contributed by atoms with E-state index in [0.29, 0.717) is 33.5 Å². The predicted molar refractivity (Wildman–Crippen MR) is 97.5 cm³/mol. The molecule has 1 aromatic carbocycles. The average Bonchev–Trinajstić information content (AvgIpc) is 2.60. The van der Waals surface area contributed by atoms with E-state index in [9.17, 15) is 17.7 Å². The molecule has 0 spiro atoms.